The summed E-state index contributed by atoms with van der Waals surface area (Å²) in [5.74, 6) is 0.994. The average molecular weight is 257 g/mol. The Hall–Kier alpha value is -1.72. The van der Waals surface area contributed by atoms with Crippen LogP contribution >= 0.6 is 0 Å². The highest BCUT2D eigenvalue weighted by Crippen LogP contribution is 2.24. The van der Waals surface area contributed by atoms with Crippen LogP contribution in [0.3, 0.4) is 0 Å². The summed E-state index contributed by atoms with van der Waals surface area (Å²) in [5, 5.41) is 3.20. The van der Waals surface area contributed by atoms with E-state index in [-0.39, 0.29) is 0 Å². The second kappa shape index (κ2) is 5.11. The van der Waals surface area contributed by atoms with Gasteiger partial charge in [-0.05, 0) is 26.2 Å². The molecule has 2 aromatic heterocycles. The average Bonchev–Trinajstić information content (AvgIpc) is 2.79. The molecule has 2 aromatic rings. The lowest BCUT2D eigenvalue weighted by Gasteiger charge is -2.25. The molecule has 1 aliphatic heterocycles. The van der Waals surface area contributed by atoms with Crippen molar-refractivity contribution >= 4 is 0 Å². The fourth-order valence-corrected chi connectivity index (χ4v) is 2.56. The minimum atomic E-state index is 0.802. The Labute approximate surface area is 113 Å². The van der Waals surface area contributed by atoms with Crippen molar-refractivity contribution in [1.29, 1.82) is 0 Å². The number of likely N-dealkylation sites (N-methyl/N-ethyl adjacent to an activating group) is 1. The van der Waals surface area contributed by atoms with E-state index in [1.807, 2.05) is 31.4 Å². The largest absolute Gasteiger partial charge is 0.324 e. The van der Waals surface area contributed by atoms with Crippen molar-refractivity contribution in [2.45, 2.75) is 19.6 Å². The lowest BCUT2D eigenvalue weighted by atomic mass is 10.2. The first-order valence-corrected chi connectivity index (χ1v) is 6.62. The number of pyridine rings is 1. The summed E-state index contributed by atoms with van der Waals surface area (Å²) in [7, 11) is 4.11. The minimum absolute atomic E-state index is 0.802. The Morgan fingerprint density at radius 3 is 2.95 bits per heavy atom. The molecule has 1 aliphatic rings. The van der Waals surface area contributed by atoms with Crippen molar-refractivity contribution in [3.05, 3.63) is 35.8 Å². The lowest BCUT2D eigenvalue weighted by Crippen LogP contribution is -2.31. The van der Waals surface area contributed by atoms with Gasteiger partial charge in [-0.3, -0.25) is 9.88 Å². The van der Waals surface area contributed by atoms with Crippen molar-refractivity contribution < 1.29 is 0 Å². The van der Waals surface area contributed by atoms with Gasteiger partial charge in [-0.2, -0.15) is 0 Å². The van der Waals surface area contributed by atoms with Crippen molar-refractivity contribution in [2.24, 2.45) is 0 Å². The fraction of sp³-hybridized carbons (Fsp3) is 0.429. The molecule has 3 rings (SSSR count). The summed E-state index contributed by atoms with van der Waals surface area (Å²) >= 11 is 0. The van der Waals surface area contributed by atoms with Crippen LogP contribution in [0.15, 0.2) is 24.4 Å². The number of hydrogen-bond donors (Lipinski definition) is 1. The molecule has 19 heavy (non-hydrogen) atoms. The fourth-order valence-electron chi connectivity index (χ4n) is 2.56. The Bertz CT molecular complexity index is 561. The van der Waals surface area contributed by atoms with Crippen LogP contribution in [0, 0.1) is 0 Å². The van der Waals surface area contributed by atoms with E-state index >= 15 is 0 Å². The molecule has 0 bridgehead atoms. The molecular formula is C14H19N5. The van der Waals surface area contributed by atoms with Gasteiger partial charge in [-0.1, -0.05) is 6.07 Å². The van der Waals surface area contributed by atoms with Crippen LogP contribution in [0.25, 0.3) is 11.5 Å². The van der Waals surface area contributed by atoms with Crippen molar-refractivity contribution in [1.82, 2.24) is 24.8 Å². The Morgan fingerprint density at radius 1 is 1.32 bits per heavy atom. The Morgan fingerprint density at radius 2 is 2.21 bits per heavy atom. The molecule has 0 spiro atoms. The third kappa shape index (κ3) is 2.27. The van der Waals surface area contributed by atoms with Crippen LogP contribution in [0.2, 0.25) is 0 Å². The molecular weight excluding hydrogens is 238 g/mol. The molecule has 0 fully saturated rings. The van der Waals surface area contributed by atoms with E-state index in [2.05, 4.69) is 26.8 Å². The lowest BCUT2D eigenvalue weighted by molar-refractivity contribution is 0.269. The third-order valence-corrected chi connectivity index (χ3v) is 3.52. The van der Waals surface area contributed by atoms with Gasteiger partial charge in [0.1, 0.15) is 5.69 Å². The van der Waals surface area contributed by atoms with Crippen molar-refractivity contribution in [3.8, 4) is 11.5 Å². The van der Waals surface area contributed by atoms with E-state index in [4.69, 9.17) is 4.98 Å². The van der Waals surface area contributed by atoms with Crippen LogP contribution in [0.4, 0.5) is 0 Å². The van der Waals surface area contributed by atoms with Gasteiger partial charge < -0.3 is 9.88 Å². The second-order valence-corrected chi connectivity index (χ2v) is 4.96. The standard InChI is InChI=1S/C14H19N5/c1-15-9-12-13-10-18(2)7-8-19(13)14(17-12)11-5-3-4-6-16-11/h3-6,15H,7-10H2,1-2H3. The number of fused-ring (bicyclic) bond motifs is 1. The van der Waals surface area contributed by atoms with Gasteiger partial charge in [-0.15, -0.1) is 0 Å². The van der Waals surface area contributed by atoms with Crippen LogP contribution < -0.4 is 5.32 Å². The molecule has 0 amide bonds. The molecule has 0 radical (unpaired) electrons. The summed E-state index contributed by atoms with van der Waals surface area (Å²) in [4.78, 5) is 11.6. The molecule has 0 unspecified atom stereocenters. The van der Waals surface area contributed by atoms with Crippen molar-refractivity contribution in [2.75, 3.05) is 20.6 Å². The zero-order valence-electron chi connectivity index (χ0n) is 11.4. The van der Waals surface area contributed by atoms with Crippen LogP contribution in [0.5, 0.6) is 0 Å². The quantitative estimate of drug-likeness (QED) is 0.894. The van der Waals surface area contributed by atoms with Crippen LogP contribution in [-0.4, -0.2) is 40.1 Å². The van der Waals surface area contributed by atoms with E-state index in [9.17, 15) is 0 Å². The first kappa shape index (κ1) is 12.3. The predicted octanol–water partition coefficient (Wildman–Crippen LogP) is 1.11. The maximum absolute atomic E-state index is 4.80. The van der Waals surface area contributed by atoms with Gasteiger partial charge in [0, 0.05) is 32.4 Å². The first-order valence-electron chi connectivity index (χ1n) is 6.62. The van der Waals surface area contributed by atoms with E-state index in [1.54, 1.807) is 0 Å². The number of hydrogen-bond acceptors (Lipinski definition) is 4. The van der Waals surface area contributed by atoms with Crippen LogP contribution in [0.1, 0.15) is 11.4 Å². The molecule has 0 atom stereocenters. The maximum atomic E-state index is 4.80. The molecule has 0 saturated heterocycles. The molecule has 5 nitrogen and oxygen atoms in total. The molecule has 3 heterocycles. The highest BCUT2D eigenvalue weighted by atomic mass is 15.2. The zero-order chi connectivity index (χ0) is 13.2. The maximum Gasteiger partial charge on any atom is 0.159 e. The van der Waals surface area contributed by atoms with E-state index < -0.39 is 0 Å². The molecule has 5 heteroatoms. The van der Waals surface area contributed by atoms with Gasteiger partial charge >= 0.3 is 0 Å². The first-order chi connectivity index (χ1) is 9.29. The normalized spacial score (nSPS) is 15.5. The van der Waals surface area contributed by atoms with Gasteiger partial charge in [0.05, 0.1) is 11.4 Å². The Kier molecular flexibility index (Phi) is 3.31. The van der Waals surface area contributed by atoms with Gasteiger partial charge in [-0.25, -0.2) is 4.98 Å². The van der Waals surface area contributed by atoms with Gasteiger partial charge in [0.15, 0.2) is 5.82 Å². The summed E-state index contributed by atoms with van der Waals surface area (Å²) in [5.41, 5.74) is 3.40. The molecule has 0 aliphatic carbocycles. The van der Waals surface area contributed by atoms with Crippen molar-refractivity contribution in [3.63, 3.8) is 0 Å². The molecule has 0 saturated carbocycles. The highest BCUT2D eigenvalue weighted by molar-refractivity contribution is 5.51. The topological polar surface area (TPSA) is 46.0 Å². The second-order valence-electron chi connectivity index (χ2n) is 4.96. The smallest absolute Gasteiger partial charge is 0.159 e. The predicted molar refractivity (Wildman–Crippen MR) is 74.6 cm³/mol. The number of nitrogens with zero attached hydrogens (tertiary/aromatic N) is 4. The summed E-state index contributed by atoms with van der Waals surface area (Å²) < 4.78 is 2.31. The minimum Gasteiger partial charge on any atom is -0.324 e. The SMILES string of the molecule is CNCc1nc(-c2ccccn2)n2c1CN(C)CC2. The number of imidazole rings is 1. The zero-order valence-corrected chi connectivity index (χ0v) is 11.4. The van der Waals surface area contributed by atoms with Crippen LogP contribution in [-0.2, 0) is 19.6 Å². The number of nitrogens with one attached hydrogen (secondary N) is 1. The van der Waals surface area contributed by atoms with E-state index in [0.29, 0.717) is 0 Å². The number of aromatic nitrogens is 3. The molecule has 1 N–H and O–H groups in total. The third-order valence-electron chi connectivity index (χ3n) is 3.52. The van der Waals surface area contributed by atoms with Gasteiger partial charge in [0.2, 0.25) is 0 Å². The van der Waals surface area contributed by atoms with Gasteiger partial charge in [0.25, 0.3) is 0 Å². The molecule has 100 valence electrons. The highest BCUT2D eigenvalue weighted by Gasteiger charge is 2.22. The van der Waals surface area contributed by atoms with E-state index in [1.165, 1.54) is 5.69 Å². The van der Waals surface area contributed by atoms with E-state index in [0.717, 1.165) is 43.4 Å². The molecule has 0 aromatic carbocycles. The summed E-state index contributed by atoms with van der Waals surface area (Å²) in [6.07, 6.45) is 1.82. The number of rotatable bonds is 3. The monoisotopic (exact) mass is 257 g/mol. The summed E-state index contributed by atoms with van der Waals surface area (Å²) in [6, 6.07) is 5.97. The Balaban J connectivity index is 2.08. The summed E-state index contributed by atoms with van der Waals surface area (Å²) in [6.45, 7) is 3.80.